The van der Waals surface area contributed by atoms with Gasteiger partial charge in [0.2, 0.25) is 0 Å². The average molecular weight is 261 g/mol. The highest BCUT2D eigenvalue weighted by atomic mass is 19.1. The van der Waals surface area contributed by atoms with Crippen LogP contribution >= 0.6 is 0 Å². The molecule has 0 saturated heterocycles. The molecule has 1 heterocycles. The lowest BCUT2D eigenvalue weighted by atomic mass is 10.0. The summed E-state index contributed by atoms with van der Waals surface area (Å²) < 4.78 is 13.2. The standard InChI is InChI=1S/C17H24FN/c1-2-3-4-5-6-7-8-9-14-13-19-17-11-10-15(18)12-16(14)17/h10-13,19H,2-9H2,1H3. The summed E-state index contributed by atoms with van der Waals surface area (Å²) in [6.45, 7) is 2.25. The molecular weight excluding hydrogens is 237 g/mol. The number of hydrogen-bond acceptors (Lipinski definition) is 0. The summed E-state index contributed by atoms with van der Waals surface area (Å²) in [4.78, 5) is 3.22. The van der Waals surface area contributed by atoms with Crippen LogP contribution in [0.4, 0.5) is 4.39 Å². The summed E-state index contributed by atoms with van der Waals surface area (Å²) in [6.07, 6.45) is 12.3. The second kappa shape index (κ2) is 7.32. The van der Waals surface area contributed by atoms with Crippen LogP contribution in [0.1, 0.15) is 57.4 Å². The Morgan fingerprint density at radius 3 is 2.53 bits per heavy atom. The van der Waals surface area contributed by atoms with Gasteiger partial charge in [0, 0.05) is 17.1 Å². The summed E-state index contributed by atoms with van der Waals surface area (Å²) in [6, 6.07) is 4.97. The molecule has 1 aromatic carbocycles. The van der Waals surface area contributed by atoms with E-state index in [9.17, 15) is 4.39 Å². The number of unbranched alkanes of at least 4 members (excludes halogenated alkanes) is 6. The van der Waals surface area contributed by atoms with Gasteiger partial charge < -0.3 is 4.98 Å². The van der Waals surface area contributed by atoms with Crippen molar-refractivity contribution >= 4 is 10.9 Å². The number of aromatic amines is 1. The molecule has 0 unspecified atom stereocenters. The van der Waals surface area contributed by atoms with Crippen molar-refractivity contribution in [2.24, 2.45) is 0 Å². The molecule has 1 nitrogen and oxygen atoms in total. The number of aryl methyl sites for hydroxylation is 1. The molecule has 0 radical (unpaired) electrons. The first-order chi connectivity index (χ1) is 9.31. The third kappa shape index (κ3) is 4.09. The summed E-state index contributed by atoms with van der Waals surface area (Å²) >= 11 is 0. The molecule has 2 rings (SSSR count). The van der Waals surface area contributed by atoms with Gasteiger partial charge in [-0.25, -0.2) is 4.39 Å². The van der Waals surface area contributed by atoms with E-state index in [1.807, 2.05) is 12.3 Å². The minimum absolute atomic E-state index is 0.145. The summed E-state index contributed by atoms with van der Waals surface area (Å²) in [5.74, 6) is -0.145. The van der Waals surface area contributed by atoms with E-state index >= 15 is 0 Å². The van der Waals surface area contributed by atoms with E-state index in [0.29, 0.717) is 0 Å². The Bertz CT molecular complexity index is 501. The third-order valence-electron chi connectivity index (χ3n) is 3.78. The molecule has 104 valence electrons. The van der Waals surface area contributed by atoms with Gasteiger partial charge in [0.25, 0.3) is 0 Å². The van der Waals surface area contributed by atoms with Gasteiger partial charge in [0.05, 0.1) is 0 Å². The Balaban J connectivity index is 1.77. The topological polar surface area (TPSA) is 15.8 Å². The average Bonchev–Trinajstić information content (AvgIpc) is 2.80. The Hall–Kier alpha value is -1.31. The second-order valence-electron chi connectivity index (χ2n) is 5.38. The van der Waals surface area contributed by atoms with Crippen molar-refractivity contribution in [1.29, 1.82) is 0 Å². The molecule has 19 heavy (non-hydrogen) atoms. The predicted octanol–water partition coefficient (Wildman–Crippen LogP) is 5.60. The number of aromatic nitrogens is 1. The van der Waals surface area contributed by atoms with Crippen molar-refractivity contribution in [2.45, 2.75) is 58.3 Å². The molecule has 0 aliphatic heterocycles. The molecule has 2 heteroatoms. The Labute approximate surface area is 115 Å². The first-order valence-electron chi connectivity index (χ1n) is 7.57. The van der Waals surface area contributed by atoms with Crippen LogP contribution in [0.2, 0.25) is 0 Å². The molecule has 0 fully saturated rings. The molecule has 0 atom stereocenters. The number of rotatable bonds is 8. The predicted molar refractivity (Wildman–Crippen MR) is 80.0 cm³/mol. The van der Waals surface area contributed by atoms with Gasteiger partial charge in [-0.15, -0.1) is 0 Å². The van der Waals surface area contributed by atoms with Gasteiger partial charge in [-0.3, -0.25) is 0 Å². The van der Waals surface area contributed by atoms with Crippen molar-refractivity contribution in [1.82, 2.24) is 4.98 Å². The zero-order chi connectivity index (χ0) is 13.5. The van der Waals surface area contributed by atoms with E-state index in [4.69, 9.17) is 0 Å². The van der Waals surface area contributed by atoms with E-state index in [1.165, 1.54) is 56.6 Å². The number of nitrogens with one attached hydrogen (secondary N) is 1. The monoisotopic (exact) mass is 261 g/mol. The lowest BCUT2D eigenvalue weighted by molar-refractivity contribution is 0.590. The van der Waals surface area contributed by atoms with Crippen LogP contribution in [0.5, 0.6) is 0 Å². The van der Waals surface area contributed by atoms with Crippen LogP contribution < -0.4 is 0 Å². The highest BCUT2D eigenvalue weighted by molar-refractivity contribution is 5.83. The molecule has 0 spiro atoms. The van der Waals surface area contributed by atoms with Gasteiger partial charge in [-0.2, -0.15) is 0 Å². The number of benzene rings is 1. The van der Waals surface area contributed by atoms with Gasteiger partial charge in [0.15, 0.2) is 0 Å². The van der Waals surface area contributed by atoms with E-state index in [0.717, 1.165) is 17.3 Å². The maximum atomic E-state index is 13.2. The lowest BCUT2D eigenvalue weighted by Gasteiger charge is -2.01. The normalized spacial score (nSPS) is 11.3. The van der Waals surface area contributed by atoms with Gasteiger partial charge in [-0.05, 0) is 36.6 Å². The number of fused-ring (bicyclic) bond motifs is 1. The highest BCUT2D eigenvalue weighted by Crippen LogP contribution is 2.21. The fraction of sp³-hybridized carbons (Fsp3) is 0.529. The lowest BCUT2D eigenvalue weighted by Crippen LogP contribution is -1.85. The fourth-order valence-electron chi connectivity index (χ4n) is 2.63. The van der Waals surface area contributed by atoms with Crippen LogP contribution in [0, 0.1) is 5.82 Å². The molecule has 0 amide bonds. The maximum absolute atomic E-state index is 13.2. The molecule has 0 aliphatic rings. The molecular formula is C17H24FN. The highest BCUT2D eigenvalue weighted by Gasteiger charge is 2.04. The minimum Gasteiger partial charge on any atom is -0.361 e. The van der Waals surface area contributed by atoms with Crippen LogP contribution in [0.25, 0.3) is 10.9 Å². The molecule has 0 bridgehead atoms. The first kappa shape index (κ1) is 14.1. The van der Waals surface area contributed by atoms with E-state index < -0.39 is 0 Å². The first-order valence-corrected chi connectivity index (χ1v) is 7.57. The molecule has 2 aromatic rings. The van der Waals surface area contributed by atoms with Crippen LogP contribution in [-0.4, -0.2) is 4.98 Å². The van der Waals surface area contributed by atoms with Crippen molar-refractivity contribution in [3.63, 3.8) is 0 Å². The molecule has 0 aliphatic carbocycles. The van der Waals surface area contributed by atoms with Gasteiger partial charge in [-0.1, -0.05) is 45.4 Å². The SMILES string of the molecule is CCCCCCCCCc1c[nH]c2ccc(F)cc12. The summed E-state index contributed by atoms with van der Waals surface area (Å²) in [5, 5.41) is 1.05. The van der Waals surface area contributed by atoms with Crippen LogP contribution in [-0.2, 0) is 6.42 Å². The summed E-state index contributed by atoms with van der Waals surface area (Å²) in [5.41, 5.74) is 2.29. The largest absolute Gasteiger partial charge is 0.361 e. The second-order valence-corrected chi connectivity index (χ2v) is 5.38. The Morgan fingerprint density at radius 2 is 1.74 bits per heavy atom. The smallest absolute Gasteiger partial charge is 0.123 e. The van der Waals surface area contributed by atoms with E-state index in [1.54, 1.807) is 6.07 Å². The molecule has 1 N–H and O–H groups in total. The summed E-state index contributed by atoms with van der Waals surface area (Å²) in [7, 11) is 0. The number of hydrogen-bond donors (Lipinski definition) is 1. The maximum Gasteiger partial charge on any atom is 0.123 e. The van der Waals surface area contributed by atoms with Crippen molar-refractivity contribution in [2.75, 3.05) is 0 Å². The van der Waals surface area contributed by atoms with Gasteiger partial charge >= 0.3 is 0 Å². The third-order valence-corrected chi connectivity index (χ3v) is 3.78. The fourth-order valence-corrected chi connectivity index (χ4v) is 2.63. The number of halogens is 1. The number of H-pyrrole nitrogens is 1. The zero-order valence-electron chi connectivity index (χ0n) is 11.8. The van der Waals surface area contributed by atoms with Crippen molar-refractivity contribution in [3.8, 4) is 0 Å². The zero-order valence-corrected chi connectivity index (χ0v) is 11.8. The van der Waals surface area contributed by atoms with E-state index in [2.05, 4.69) is 11.9 Å². The van der Waals surface area contributed by atoms with Crippen molar-refractivity contribution < 1.29 is 4.39 Å². The van der Waals surface area contributed by atoms with Crippen LogP contribution in [0.3, 0.4) is 0 Å². The molecule has 1 aromatic heterocycles. The quantitative estimate of drug-likeness (QED) is 0.595. The van der Waals surface area contributed by atoms with Gasteiger partial charge in [0.1, 0.15) is 5.82 Å². The Kier molecular flexibility index (Phi) is 5.44. The van der Waals surface area contributed by atoms with Crippen LogP contribution in [0.15, 0.2) is 24.4 Å². The van der Waals surface area contributed by atoms with E-state index in [-0.39, 0.29) is 5.82 Å². The Morgan fingerprint density at radius 1 is 1.00 bits per heavy atom. The van der Waals surface area contributed by atoms with Crippen molar-refractivity contribution in [3.05, 3.63) is 35.8 Å². The minimum atomic E-state index is -0.145. The molecule has 0 saturated carbocycles.